The standard InChI is InChI=1S/C15H16F3NO5/c16-15(17,18)9-1-4-11(5-2-9)23-8-13(20)19-10-3-6-12(14(21)22)24-7-10/h1-2,4-5,10,12H,3,6-8H2,(H,19,20)(H,21,22)/t10-,12+/m1/s1. The van der Waals surface area contributed by atoms with E-state index in [9.17, 15) is 22.8 Å². The van der Waals surface area contributed by atoms with Crippen molar-refractivity contribution in [2.24, 2.45) is 0 Å². The number of carbonyl (C=O) groups excluding carboxylic acids is 1. The largest absolute Gasteiger partial charge is 0.484 e. The molecule has 2 atom stereocenters. The monoisotopic (exact) mass is 347 g/mol. The third kappa shape index (κ3) is 5.12. The fourth-order valence-electron chi connectivity index (χ4n) is 2.22. The van der Waals surface area contributed by atoms with Gasteiger partial charge in [-0.05, 0) is 37.1 Å². The van der Waals surface area contributed by atoms with Crippen molar-refractivity contribution in [3.63, 3.8) is 0 Å². The minimum absolute atomic E-state index is 0.0863. The molecule has 1 fully saturated rings. The van der Waals surface area contributed by atoms with Gasteiger partial charge in [-0.1, -0.05) is 0 Å². The Kier molecular flexibility index (Phi) is 5.66. The summed E-state index contributed by atoms with van der Waals surface area (Å²) in [5.41, 5.74) is -0.799. The molecule has 6 nitrogen and oxygen atoms in total. The van der Waals surface area contributed by atoms with Gasteiger partial charge in [0.05, 0.1) is 18.2 Å². The van der Waals surface area contributed by atoms with Gasteiger partial charge >= 0.3 is 12.1 Å². The third-order valence-electron chi connectivity index (χ3n) is 3.47. The Morgan fingerprint density at radius 1 is 1.25 bits per heavy atom. The van der Waals surface area contributed by atoms with Crippen LogP contribution in [0.1, 0.15) is 18.4 Å². The number of ether oxygens (including phenoxy) is 2. The second-order valence-electron chi connectivity index (χ2n) is 5.31. The smallest absolute Gasteiger partial charge is 0.416 e. The third-order valence-corrected chi connectivity index (χ3v) is 3.47. The number of carboxylic acids is 1. The normalized spacial score (nSPS) is 21.1. The van der Waals surface area contributed by atoms with Crippen molar-refractivity contribution in [1.82, 2.24) is 5.32 Å². The molecule has 1 saturated heterocycles. The molecular formula is C15H16F3NO5. The van der Waals surface area contributed by atoms with Crippen molar-refractivity contribution in [2.75, 3.05) is 13.2 Å². The number of rotatable bonds is 5. The maximum Gasteiger partial charge on any atom is 0.416 e. The molecule has 9 heteroatoms. The van der Waals surface area contributed by atoms with Crippen LogP contribution in [0.25, 0.3) is 0 Å². The first-order chi connectivity index (χ1) is 11.3. The molecule has 2 N–H and O–H groups in total. The van der Waals surface area contributed by atoms with Gasteiger partial charge < -0.3 is 19.9 Å². The van der Waals surface area contributed by atoms with E-state index in [0.29, 0.717) is 12.8 Å². The molecule has 1 amide bonds. The van der Waals surface area contributed by atoms with Crippen LogP contribution in [0.15, 0.2) is 24.3 Å². The molecule has 1 aromatic rings. The zero-order valence-corrected chi connectivity index (χ0v) is 12.5. The molecule has 0 unspecified atom stereocenters. The topological polar surface area (TPSA) is 84.9 Å². The molecule has 0 bridgehead atoms. The van der Waals surface area contributed by atoms with Crippen LogP contribution in [0.5, 0.6) is 5.75 Å². The van der Waals surface area contributed by atoms with Crippen molar-refractivity contribution >= 4 is 11.9 Å². The quantitative estimate of drug-likeness (QED) is 0.849. The van der Waals surface area contributed by atoms with E-state index in [1.165, 1.54) is 0 Å². The summed E-state index contributed by atoms with van der Waals surface area (Å²) >= 11 is 0. The zero-order valence-electron chi connectivity index (χ0n) is 12.5. The van der Waals surface area contributed by atoms with Crippen LogP contribution in [0.4, 0.5) is 13.2 Å². The minimum Gasteiger partial charge on any atom is -0.484 e. The van der Waals surface area contributed by atoms with Gasteiger partial charge in [0.2, 0.25) is 0 Å². The summed E-state index contributed by atoms with van der Waals surface area (Å²) in [5, 5.41) is 11.4. The van der Waals surface area contributed by atoms with Gasteiger partial charge in [0.1, 0.15) is 5.75 Å². The second kappa shape index (κ2) is 7.52. The Bertz CT molecular complexity index is 580. The van der Waals surface area contributed by atoms with Crippen LogP contribution in [-0.4, -0.2) is 42.3 Å². The number of amides is 1. The molecule has 0 saturated carbocycles. The maximum absolute atomic E-state index is 12.4. The molecule has 24 heavy (non-hydrogen) atoms. The lowest BCUT2D eigenvalue weighted by molar-refractivity contribution is -0.154. The molecule has 0 aromatic heterocycles. The van der Waals surface area contributed by atoms with E-state index in [1.54, 1.807) is 0 Å². The van der Waals surface area contributed by atoms with E-state index in [1.807, 2.05) is 0 Å². The predicted octanol–water partition coefficient (Wildman–Crippen LogP) is 1.83. The highest BCUT2D eigenvalue weighted by Gasteiger charge is 2.30. The molecule has 2 rings (SSSR count). The molecule has 1 aliphatic heterocycles. The molecular weight excluding hydrogens is 331 g/mol. The first kappa shape index (κ1) is 18.1. The Morgan fingerprint density at radius 3 is 2.42 bits per heavy atom. The summed E-state index contributed by atoms with van der Waals surface area (Å²) in [7, 11) is 0. The Balaban J connectivity index is 1.75. The van der Waals surface area contributed by atoms with Crippen LogP contribution in [0, 0.1) is 0 Å². The highest BCUT2D eigenvalue weighted by atomic mass is 19.4. The number of benzene rings is 1. The average Bonchev–Trinajstić information content (AvgIpc) is 2.53. The van der Waals surface area contributed by atoms with Crippen LogP contribution < -0.4 is 10.1 Å². The average molecular weight is 347 g/mol. The molecule has 132 valence electrons. The van der Waals surface area contributed by atoms with Crippen molar-refractivity contribution in [2.45, 2.75) is 31.2 Å². The summed E-state index contributed by atoms with van der Waals surface area (Å²) < 4.78 is 47.5. The first-order valence-electron chi connectivity index (χ1n) is 7.19. The van der Waals surface area contributed by atoms with Crippen molar-refractivity contribution < 1.29 is 37.3 Å². The minimum atomic E-state index is -4.43. The van der Waals surface area contributed by atoms with Crippen LogP contribution in [-0.2, 0) is 20.5 Å². The number of hydrogen-bond donors (Lipinski definition) is 2. The molecule has 1 aliphatic rings. The van der Waals surface area contributed by atoms with Gasteiger partial charge in [-0.25, -0.2) is 4.79 Å². The SMILES string of the molecule is O=C(COc1ccc(C(F)(F)F)cc1)N[C@@H]1CC[C@@H](C(=O)O)OC1. The van der Waals surface area contributed by atoms with Crippen molar-refractivity contribution in [3.05, 3.63) is 29.8 Å². The van der Waals surface area contributed by atoms with Gasteiger partial charge in [-0.3, -0.25) is 4.79 Å². The molecule has 1 aromatic carbocycles. The summed E-state index contributed by atoms with van der Waals surface area (Å²) in [6.07, 6.45) is -4.53. The number of alkyl halides is 3. The van der Waals surface area contributed by atoms with E-state index >= 15 is 0 Å². The maximum atomic E-state index is 12.4. The van der Waals surface area contributed by atoms with Gasteiger partial charge in [-0.15, -0.1) is 0 Å². The van der Waals surface area contributed by atoms with Gasteiger partial charge in [0.25, 0.3) is 5.91 Å². The lowest BCUT2D eigenvalue weighted by Crippen LogP contribution is -2.46. The second-order valence-corrected chi connectivity index (χ2v) is 5.31. The summed E-state index contributed by atoms with van der Waals surface area (Å²) in [4.78, 5) is 22.5. The van der Waals surface area contributed by atoms with E-state index in [2.05, 4.69) is 5.32 Å². The molecule has 1 heterocycles. The van der Waals surface area contributed by atoms with E-state index in [4.69, 9.17) is 14.6 Å². The van der Waals surface area contributed by atoms with Gasteiger partial charge in [-0.2, -0.15) is 13.2 Å². The Morgan fingerprint density at radius 2 is 1.92 bits per heavy atom. The van der Waals surface area contributed by atoms with Crippen LogP contribution in [0.3, 0.4) is 0 Å². The van der Waals surface area contributed by atoms with Crippen molar-refractivity contribution in [1.29, 1.82) is 0 Å². The predicted molar refractivity (Wildman–Crippen MR) is 75.5 cm³/mol. The van der Waals surface area contributed by atoms with Gasteiger partial charge in [0, 0.05) is 0 Å². The lowest BCUT2D eigenvalue weighted by Gasteiger charge is -2.27. The van der Waals surface area contributed by atoms with Gasteiger partial charge in [0.15, 0.2) is 12.7 Å². The summed E-state index contributed by atoms with van der Waals surface area (Å²) in [6.45, 7) is -0.271. The Hall–Kier alpha value is -2.29. The van der Waals surface area contributed by atoms with E-state index in [-0.39, 0.29) is 25.0 Å². The van der Waals surface area contributed by atoms with E-state index < -0.39 is 29.7 Å². The number of halogens is 3. The number of carbonyl (C=O) groups is 2. The Labute approximate surface area is 135 Å². The fourth-order valence-corrected chi connectivity index (χ4v) is 2.22. The lowest BCUT2D eigenvalue weighted by atomic mass is 10.1. The molecule has 0 spiro atoms. The highest BCUT2D eigenvalue weighted by Crippen LogP contribution is 2.30. The molecule has 0 aliphatic carbocycles. The first-order valence-corrected chi connectivity index (χ1v) is 7.19. The summed E-state index contributed by atoms with van der Waals surface area (Å²) in [6, 6.07) is 3.70. The van der Waals surface area contributed by atoms with E-state index in [0.717, 1.165) is 24.3 Å². The van der Waals surface area contributed by atoms with Crippen LogP contribution in [0.2, 0.25) is 0 Å². The number of nitrogens with one attached hydrogen (secondary N) is 1. The van der Waals surface area contributed by atoms with Crippen LogP contribution >= 0.6 is 0 Å². The highest BCUT2D eigenvalue weighted by molar-refractivity contribution is 5.78. The number of hydrogen-bond acceptors (Lipinski definition) is 4. The fraction of sp³-hybridized carbons (Fsp3) is 0.467. The molecule has 0 radical (unpaired) electrons. The summed E-state index contributed by atoms with van der Waals surface area (Å²) in [5.74, 6) is -1.35. The zero-order chi connectivity index (χ0) is 17.7. The van der Waals surface area contributed by atoms with Crippen molar-refractivity contribution in [3.8, 4) is 5.75 Å². The number of aliphatic carboxylic acids is 1. The number of carboxylic acid groups (broad SMARTS) is 1.